The van der Waals surface area contributed by atoms with Gasteiger partial charge in [0, 0.05) is 12.6 Å². The first-order chi connectivity index (χ1) is 10.8. The summed E-state index contributed by atoms with van der Waals surface area (Å²) >= 11 is 0. The molecule has 0 amide bonds. The van der Waals surface area contributed by atoms with Crippen molar-refractivity contribution >= 4 is 0 Å². The number of ether oxygens (including phenoxy) is 1. The van der Waals surface area contributed by atoms with Gasteiger partial charge in [-0.25, -0.2) is 0 Å². The fraction of sp³-hybridized carbons (Fsp3) is 0.765. The molecule has 1 N–H and O–H groups in total. The van der Waals surface area contributed by atoms with E-state index >= 15 is 0 Å². The van der Waals surface area contributed by atoms with E-state index in [1.165, 1.54) is 38.8 Å². The second-order valence-electron chi connectivity index (χ2n) is 6.52. The van der Waals surface area contributed by atoms with E-state index in [2.05, 4.69) is 9.80 Å². The van der Waals surface area contributed by atoms with Crippen LogP contribution in [0.3, 0.4) is 0 Å². The second kappa shape index (κ2) is 8.11. The summed E-state index contributed by atoms with van der Waals surface area (Å²) in [5.41, 5.74) is 0. The smallest absolute Gasteiger partial charge is 0.129 e. The molecule has 1 unspecified atom stereocenters. The van der Waals surface area contributed by atoms with Crippen molar-refractivity contribution in [3.8, 4) is 0 Å². The fourth-order valence-corrected chi connectivity index (χ4v) is 3.61. The molecule has 1 aromatic heterocycles. The summed E-state index contributed by atoms with van der Waals surface area (Å²) in [6.07, 6.45) is 6.43. The van der Waals surface area contributed by atoms with Crippen LogP contribution in [0.2, 0.25) is 0 Å². The van der Waals surface area contributed by atoms with Gasteiger partial charge in [0.05, 0.1) is 19.0 Å². The summed E-state index contributed by atoms with van der Waals surface area (Å²) in [6, 6.07) is 4.50. The average Bonchev–Trinajstić information content (AvgIpc) is 3.21. The van der Waals surface area contributed by atoms with Gasteiger partial charge in [0.15, 0.2) is 0 Å². The Balaban J connectivity index is 1.30. The quantitative estimate of drug-likeness (QED) is 0.831. The maximum absolute atomic E-state index is 10.1. The summed E-state index contributed by atoms with van der Waals surface area (Å²) in [5, 5.41) is 10.1. The molecule has 124 valence electrons. The molecule has 2 aliphatic heterocycles. The predicted molar refractivity (Wildman–Crippen MR) is 84.6 cm³/mol. The Labute approximate surface area is 132 Å². The first kappa shape index (κ1) is 16.0. The van der Waals surface area contributed by atoms with Crippen LogP contribution >= 0.6 is 0 Å². The van der Waals surface area contributed by atoms with Gasteiger partial charge in [-0.15, -0.1) is 0 Å². The summed E-state index contributed by atoms with van der Waals surface area (Å²) in [6.45, 7) is 6.27. The van der Waals surface area contributed by atoms with E-state index in [-0.39, 0.29) is 0 Å². The highest BCUT2D eigenvalue weighted by molar-refractivity contribution is 4.96. The Kier molecular flexibility index (Phi) is 5.89. The van der Waals surface area contributed by atoms with Crippen LogP contribution in [-0.4, -0.2) is 66.4 Å². The van der Waals surface area contributed by atoms with Crippen molar-refractivity contribution in [3.63, 3.8) is 0 Å². The number of aliphatic hydroxyl groups excluding tert-OH is 1. The van der Waals surface area contributed by atoms with E-state index in [0.29, 0.717) is 19.8 Å². The van der Waals surface area contributed by atoms with Crippen molar-refractivity contribution in [1.82, 2.24) is 9.80 Å². The lowest BCUT2D eigenvalue weighted by Crippen LogP contribution is -2.46. The lowest BCUT2D eigenvalue weighted by Gasteiger charge is -2.37. The summed E-state index contributed by atoms with van der Waals surface area (Å²) in [5.74, 6) is 0.804. The molecule has 5 heteroatoms. The molecular weight excluding hydrogens is 280 g/mol. The zero-order valence-corrected chi connectivity index (χ0v) is 13.3. The molecule has 1 aromatic rings. The molecule has 3 heterocycles. The van der Waals surface area contributed by atoms with Gasteiger partial charge in [0.2, 0.25) is 0 Å². The number of piperidine rings is 1. The maximum atomic E-state index is 10.1. The number of likely N-dealkylation sites (tertiary alicyclic amines) is 2. The lowest BCUT2D eigenvalue weighted by molar-refractivity contribution is -0.00175. The third kappa shape index (κ3) is 4.56. The number of hydrogen-bond acceptors (Lipinski definition) is 5. The molecule has 0 bridgehead atoms. The van der Waals surface area contributed by atoms with Crippen LogP contribution in [-0.2, 0) is 11.3 Å². The Bertz CT molecular complexity index is 410. The summed E-state index contributed by atoms with van der Waals surface area (Å²) in [4.78, 5) is 5.02. The van der Waals surface area contributed by atoms with Gasteiger partial charge in [-0.05, 0) is 64.0 Å². The minimum absolute atomic E-state index is 0.368. The molecule has 0 spiro atoms. The zero-order chi connectivity index (χ0) is 15.2. The molecule has 1 atom stereocenters. The van der Waals surface area contributed by atoms with Gasteiger partial charge in [-0.1, -0.05) is 0 Å². The molecule has 0 saturated carbocycles. The predicted octanol–water partition coefficient (Wildman–Crippen LogP) is 1.72. The van der Waals surface area contributed by atoms with Crippen molar-refractivity contribution in [1.29, 1.82) is 0 Å². The number of hydrogen-bond donors (Lipinski definition) is 1. The topological polar surface area (TPSA) is 49.1 Å². The average molecular weight is 308 g/mol. The first-order valence-electron chi connectivity index (χ1n) is 8.56. The number of β-amino-alcohol motifs (C(OH)–C–C–N with tert-alkyl or cyclic N) is 1. The van der Waals surface area contributed by atoms with E-state index in [1.54, 1.807) is 6.26 Å². The van der Waals surface area contributed by atoms with E-state index in [9.17, 15) is 5.11 Å². The number of rotatable bonds is 7. The van der Waals surface area contributed by atoms with Crippen molar-refractivity contribution in [3.05, 3.63) is 24.2 Å². The van der Waals surface area contributed by atoms with Crippen LogP contribution in [0.15, 0.2) is 22.8 Å². The standard InChI is InChI=1S/C17H28N2O3/c20-16(13-21-14-17-4-3-11-22-17)12-18-9-5-15(6-10-18)19-7-1-2-8-19/h3-4,11,15-16,20H,1-2,5-10,12-14H2. The van der Waals surface area contributed by atoms with E-state index in [0.717, 1.165) is 24.9 Å². The largest absolute Gasteiger partial charge is 0.467 e. The Morgan fingerprint density at radius 1 is 1.23 bits per heavy atom. The second-order valence-corrected chi connectivity index (χ2v) is 6.52. The molecule has 2 fully saturated rings. The van der Waals surface area contributed by atoms with Crippen LogP contribution in [0.25, 0.3) is 0 Å². The molecule has 22 heavy (non-hydrogen) atoms. The van der Waals surface area contributed by atoms with Crippen LogP contribution in [0.1, 0.15) is 31.4 Å². The van der Waals surface area contributed by atoms with E-state index < -0.39 is 6.10 Å². The number of aliphatic hydroxyl groups is 1. The van der Waals surface area contributed by atoms with Crippen LogP contribution in [0.4, 0.5) is 0 Å². The zero-order valence-electron chi connectivity index (χ0n) is 13.3. The maximum Gasteiger partial charge on any atom is 0.129 e. The third-order valence-electron chi connectivity index (χ3n) is 4.82. The SMILES string of the molecule is OC(COCc1ccco1)CN1CCC(N2CCCC2)CC1. The van der Waals surface area contributed by atoms with E-state index in [4.69, 9.17) is 9.15 Å². The Morgan fingerprint density at radius 3 is 2.68 bits per heavy atom. The molecule has 3 rings (SSSR count). The van der Waals surface area contributed by atoms with Crippen molar-refractivity contribution in [2.24, 2.45) is 0 Å². The van der Waals surface area contributed by atoms with Gasteiger partial charge in [-0.3, -0.25) is 0 Å². The van der Waals surface area contributed by atoms with Crippen LogP contribution in [0.5, 0.6) is 0 Å². The molecule has 0 aromatic carbocycles. The van der Waals surface area contributed by atoms with Crippen LogP contribution in [0, 0.1) is 0 Å². The highest BCUT2D eigenvalue weighted by Crippen LogP contribution is 2.21. The fourth-order valence-electron chi connectivity index (χ4n) is 3.61. The number of furan rings is 1. The van der Waals surface area contributed by atoms with Crippen molar-refractivity contribution in [2.45, 2.75) is 44.4 Å². The van der Waals surface area contributed by atoms with Gasteiger partial charge in [-0.2, -0.15) is 0 Å². The monoisotopic (exact) mass is 308 g/mol. The molecular formula is C17H28N2O3. The van der Waals surface area contributed by atoms with Gasteiger partial charge < -0.3 is 24.1 Å². The number of nitrogens with zero attached hydrogens (tertiary/aromatic N) is 2. The molecule has 0 aliphatic carbocycles. The minimum atomic E-state index is -0.418. The molecule has 2 aliphatic rings. The lowest BCUT2D eigenvalue weighted by atomic mass is 10.0. The third-order valence-corrected chi connectivity index (χ3v) is 4.82. The Morgan fingerprint density at radius 2 is 2.00 bits per heavy atom. The molecule has 2 saturated heterocycles. The van der Waals surface area contributed by atoms with Crippen molar-refractivity contribution < 1.29 is 14.3 Å². The normalized spacial score (nSPS) is 23.1. The van der Waals surface area contributed by atoms with E-state index in [1.807, 2.05) is 12.1 Å². The Hall–Kier alpha value is -0.880. The van der Waals surface area contributed by atoms with Gasteiger partial charge in [0.25, 0.3) is 0 Å². The summed E-state index contributed by atoms with van der Waals surface area (Å²) in [7, 11) is 0. The van der Waals surface area contributed by atoms with Gasteiger partial charge >= 0.3 is 0 Å². The first-order valence-corrected chi connectivity index (χ1v) is 8.56. The minimum Gasteiger partial charge on any atom is -0.467 e. The highest BCUT2D eigenvalue weighted by Gasteiger charge is 2.26. The molecule has 5 nitrogen and oxygen atoms in total. The summed E-state index contributed by atoms with van der Waals surface area (Å²) < 4.78 is 10.7. The van der Waals surface area contributed by atoms with Crippen molar-refractivity contribution in [2.75, 3.05) is 39.3 Å². The highest BCUT2D eigenvalue weighted by atomic mass is 16.5. The van der Waals surface area contributed by atoms with Gasteiger partial charge in [0.1, 0.15) is 12.4 Å². The van der Waals surface area contributed by atoms with Crippen LogP contribution < -0.4 is 0 Å². The molecule has 0 radical (unpaired) electrons.